The number of hydrogen-bond acceptors (Lipinski definition) is 5. The van der Waals surface area contributed by atoms with Gasteiger partial charge in [0.2, 0.25) is 19.2 Å². The summed E-state index contributed by atoms with van der Waals surface area (Å²) in [6, 6.07) is 14.9. The lowest BCUT2D eigenvalue weighted by molar-refractivity contribution is -0.124. The third kappa shape index (κ3) is 10.2. The normalized spacial score (nSPS) is 15.6. The van der Waals surface area contributed by atoms with Crippen molar-refractivity contribution in [3.05, 3.63) is 71.8 Å². The molecule has 41 heavy (non-hydrogen) atoms. The van der Waals surface area contributed by atoms with Gasteiger partial charge in [-0.25, -0.2) is 9.59 Å². The SMILES string of the molecule is CC(C)C(NC(=O)O)C(=O)NC(Cc1ccccc1)P(=O)(O)C(Cc1ccccc1)NC(=O)C(NC(=O)O)C(C)C. The number of amides is 4. The van der Waals surface area contributed by atoms with Crippen molar-refractivity contribution < 1.29 is 38.8 Å². The van der Waals surface area contributed by atoms with Gasteiger partial charge < -0.3 is 36.4 Å². The van der Waals surface area contributed by atoms with Crippen LogP contribution in [-0.4, -0.2) is 62.8 Å². The monoisotopic (exact) mass is 590 g/mol. The molecule has 0 aliphatic rings. The predicted octanol–water partition coefficient (Wildman–Crippen LogP) is 3.21. The molecule has 0 saturated heterocycles. The molecular formula is C28H39N4O8P. The molecule has 4 amide bonds. The lowest BCUT2D eigenvalue weighted by Crippen LogP contribution is -2.55. The third-order valence-electron chi connectivity index (χ3n) is 6.51. The molecule has 4 atom stereocenters. The molecule has 0 aromatic heterocycles. The van der Waals surface area contributed by atoms with Crippen molar-refractivity contribution in [2.75, 3.05) is 0 Å². The molecule has 224 valence electrons. The maximum Gasteiger partial charge on any atom is 0.405 e. The number of benzene rings is 2. The zero-order valence-corrected chi connectivity index (χ0v) is 24.4. The summed E-state index contributed by atoms with van der Waals surface area (Å²) < 4.78 is 14.4. The van der Waals surface area contributed by atoms with Gasteiger partial charge in [-0.2, -0.15) is 0 Å². The van der Waals surface area contributed by atoms with E-state index in [9.17, 15) is 38.8 Å². The van der Waals surface area contributed by atoms with Gasteiger partial charge in [0.15, 0.2) is 0 Å². The number of nitrogens with one attached hydrogen (secondary N) is 4. The van der Waals surface area contributed by atoms with E-state index in [0.29, 0.717) is 11.1 Å². The average molecular weight is 591 g/mol. The highest BCUT2D eigenvalue weighted by atomic mass is 31.2. The Kier molecular flexibility index (Phi) is 12.4. The fourth-order valence-corrected chi connectivity index (χ4v) is 6.29. The minimum Gasteiger partial charge on any atom is -0.465 e. The van der Waals surface area contributed by atoms with Gasteiger partial charge in [-0.1, -0.05) is 88.4 Å². The van der Waals surface area contributed by atoms with E-state index < -0.39 is 66.9 Å². The molecule has 0 spiro atoms. The maximum absolute atomic E-state index is 14.4. The molecule has 2 aromatic carbocycles. The zero-order valence-electron chi connectivity index (χ0n) is 23.5. The van der Waals surface area contributed by atoms with Crippen LogP contribution >= 0.6 is 7.37 Å². The minimum absolute atomic E-state index is 0.0968. The smallest absolute Gasteiger partial charge is 0.405 e. The van der Waals surface area contributed by atoms with Crippen LogP contribution in [0.4, 0.5) is 9.59 Å². The summed E-state index contributed by atoms with van der Waals surface area (Å²) in [7, 11) is -4.57. The second-order valence-corrected chi connectivity index (χ2v) is 13.0. The van der Waals surface area contributed by atoms with Crippen molar-refractivity contribution >= 4 is 31.4 Å². The minimum atomic E-state index is -4.57. The van der Waals surface area contributed by atoms with Gasteiger partial charge in [-0.05, 0) is 23.0 Å². The van der Waals surface area contributed by atoms with Crippen molar-refractivity contribution in [2.45, 2.75) is 64.2 Å². The van der Waals surface area contributed by atoms with Gasteiger partial charge in [0.25, 0.3) is 0 Å². The molecule has 0 heterocycles. The summed E-state index contributed by atoms with van der Waals surface area (Å²) >= 11 is 0. The van der Waals surface area contributed by atoms with Crippen molar-refractivity contribution in [3.63, 3.8) is 0 Å². The van der Waals surface area contributed by atoms with E-state index in [1.807, 2.05) is 0 Å². The van der Waals surface area contributed by atoms with Crippen LogP contribution in [-0.2, 0) is 27.0 Å². The van der Waals surface area contributed by atoms with Crippen LogP contribution in [0, 0.1) is 11.8 Å². The molecule has 4 unspecified atom stereocenters. The number of carboxylic acid groups (broad SMARTS) is 2. The van der Waals surface area contributed by atoms with Crippen molar-refractivity contribution in [2.24, 2.45) is 11.8 Å². The van der Waals surface area contributed by atoms with Crippen molar-refractivity contribution in [1.82, 2.24) is 21.3 Å². The molecule has 13 heteroatoms. The summed E-state index contributed by atoms with van der Waals surface area (Å²) in [5.74, 6) is -5.39. The Hall–Kier alpha value is -3.89. The second-order valence-electron chi connectivity index (χ2n) is 10.4. The molecule has 0 saturated carbocycles. The molecule has 0 radical (unpaired) electrons. The first-order valence-corrected chi connectivity index (χ1v) is 15.0. The van der Waals surface area contributed by atoms with Crippen molar-refractivity contribution in [1.29, 1.82) is 0 Å². The molecule has 2 aromatic rings. The highest BCUT2D eigenvalue weighted by Crippen LogP contribution is 2.51. The first-order valence-electron chi connectivity index (χ1n) is 13.2. The highest BCUT2D eigenvalue weighted by Gasteiger charge is 2.43. The Bertz CT molecular complexity index is 1130. The number of carbonyl (C=O) groups is 4. The summed E-state index contributed by atoms with van der Waals surface area (Å²) in [4.78, 5) is 60.9. The van der Waals surface area contributed by atoms with E-state index in [1.165, 1.54) is 0 Å². The molecule has 0 aliphatic heterocycles. The van der Waals surface area contributed by atoms with Crippen LogP contribution < -0.4 is 21.3 Å². The zero-order chi connectivity index (χ0) is 30.7. The molecule has 0 fully saturated rings. The average Bonchev–Trinajstić information content (AvgIpc) is 2.90. The van der Waals surface area contributed by atoms with E-state index in [0.717, 1.165) is 0 Å². The number of hydrogen-bond donors (Lipinski definition) is 7. The van der Waals surface area contributed by atoms with Crippen LogP contribution in [0.15, 0.2) is 60.7 Å². The molecule has 0 bridgehead atoms. The van der Waals surface area contributed by atoms with Gasteiger partial charge >= 0.3 is 12.2 Å². The number of rotatable bonds is 14. The van der Waals surface area contributed by atoms with Gasteiger partial charge in [0.1, 0.15) is 23.6 Å². The first kappa shape index (κ1) is 33.3. The van der Waals surface area contributed by atoms with Gasteiger partial charge in [-0.15, -0.1) is 0 Å². The molecule has 0 aliphatic carbocycles. The lowest BCUT2D eigenvalue weighted by atomic mass is 10.0. The Morgan fingerprint density at radius 1 is 0.634 bits per heavy atom. The fraction of sp³-hybridized carbons (Fsp3) is 0.429. The van der Waals surface area contributed by atoms with Crippen LogP contribution in [0.5, 0.6) is 0 Å². The van der Waals surface area contributed by atoms with Gasteiger partial charge in [0, 0.05) is 12.8 Å². The second kappa shape index (κ2) is 15.2. The standard InChI is InChI=1S/C28H39N4O8P/c1-17(2)23(31-27(35)36)25(33)29-21(15-19-11-7-5-8-12-19)41(39,40)22(16-20-13-9-6-10-14-20)30-26(34)24(18(3)4)32-28(37)38/h5-14,17-18,21-24,31-32H,15-16H2,1-4H3,(H,29,33)(H,30,34)(H,35,36)(H,37,38)(H,39,40). The first-order chi connectivity index (χ1) is 19.2. The fourth-order valence-electron chi connectivity index (χ4n) is 4.28. The third-order valence-corrected chi connectivity index (χ3v) is 8.92. The largest absolute Gasteiger partial charge is 0.465 e. The van der Waals surface area contributed by atoms with E-state index in [-0.39, 0.29) is 12.8 Å². The molecule has 2 rings (SSSR count). The summed E-state index contributed by atoms with van der Waals surface area (Å²) in [6.45, 7) is 6.52. The van der Waals surface area contributed by atoms with Crippen LogP contribution in [0.1, 0.15) is 38.8 Å². The van der Waals surface area contributed by atoms with E-state index in [1.54, 1.807) is 88.4 Å². The van der Waals surface area contributed by atoms with Gasteiger partial charge in [0.05, 0.1) is 0 Å². The molecule has 12 nitrogen and oxygen atoms in total. The summed E-state index contributed by atoms with van der Waals surface area (Å²) in [6.07, 6.45) is -3.04. The quantitative estimate of drug-likeness (QED) is 0.163. The lowest BCUT2D eigenvalue weighted by Gasteiger charge is -2.34. The van der Waals surface area contributed by atoms with Crippen LogP contribution in [0.3, 0.4) is 0 Å². The highest BCUT2D eigenvalue weighted by molar-refractivity contribution is 7.59. The Morgan fingerprint density at radius 2 is 0.951 bits per heavy atom. The van der Waals surface area contributed by atoms with E-state index in [2.05, 4.69) is 21.3 Å². The van der Waals surface area contributed by atoms with Gasteiger partial charge in [-0.3, -0.25) is 14.2 Å². The topological polar surface area (TPSA) is 194 Å². The van der Waals surface area contributed by atoms with E-state index >= 15 is 0 Å². The maximum atomic E-state index is 14.4. The Morgan fingerprint density at radius 3 is 1.22 bits per heavy atom. The van der Waals surface area contributed by atoms with Crippen molar-refractivity contribution in [3.8, 4) is 0 Å². The predicted molar refractivity (Wildman–Crippen MR) is 154 cm³/mol. The summed E-state index contributed by atoms with van der Waals surface area (Å²) in [5, 5.41) is 27.9. The summed E-state index contributed by atoms with van der Waals surface area (Å²) in [5.41, 5.74) is 1.24. The van der Waals surface area contributed by atoms with Crippen LogP contribution in [0.2, 0.25) is 0 Å². The Balaban J connectivity index is 2.54. The Labute approximate surface area is 239 Å². The van der Waals surface area contributed by atoms with Crippen LogP contribution in [0.25, 0.3) is 0 Å². The van der Waals surface area contributed by atoms with E-state index in [4.69, 9.17) is 0 Å². The molecular weight excluding hydrogens is 551 g/mol. The number of carbonyl (C=O) groups excluding carboxylic acids is 2. The molecule has 7 N–H and O–H groups in total.